The van der Waals surface area contributed by atoms with Crippen LogP contribution in [-0.4, -0.2) is 36.7 Å². The molecule has 1 aliphatic rings. The van der Waals surface area contributed by atoms with Crippen molar-refractivity contribution in [3.05, 3.63) is 27.7 Å². The van der Waals surface area contributed by atoms with E-state index >= 15 is 0 Å². The van der Waals surface area contributed by atoms with Gasteiger partial charge in [-0.05, 0) is 18.2 Å². The molecule has 1 fully saturated rings. The highest BCUT2D eigenvalue weighted by atomic mass is 79.9. The van der Waals surface area contributed by atoms with Crippen LogP contribution in [0.25, 0.3) is 0 Å². The van der Waals surface area contributed by atoms with Crippen LogP contribution in [0.3, 0.4) is 0 Å². The molecular formula is C12H14BrClN2O3S. The Labute approximate surface area is 131 Å². The molecule has 0 radical (unpaired) electrons. The first-order valence-electron chi connectivity index (χ1n) is 6.02. The van der Waals surface area contributed by atoms with E-state index in [2.05, 4.69) is 21.1 Å². The van der Waals surface area contributed by atoms with Crippen molar-refractivity contribution in [2.75, 3.05) is 13.1 Å². The number of rotatable bonds is 2. The van der Waals surface area contributed by atoms with Crippen molar-refractivity contribution in [2.24, 2.45) is 11.1 Å². The van der Waals surface area contributed by atoms with Gasteiger partial charge in [-0.3, -0.25) is 0 Å². The van der Waals surface area contributed by atoms with Gasteiger partial charge in [-0.2, -0.15) is 4.31 Å². The van der Waals surface area contributed by atoms with Crippen molar-refractivity contribution in [3.63, 3.8) is 0 Å². The highest BCUT2D eigenvalue weighted by Gasteiger charge is 2.32. The van der Waals surface area contributed by atoms with Crippen molar-refractivity contribution < 1.29 is 13.6 Å². The molecule has 0 saturated carbocycles. The Morgan fingerprint density at radius 1 is 1.50 bits per heavy atom. The molecule has 1 aromatic rings. The zero-order chi connectivity index (χ0) is 14.9. The molecule has 2 rings (SSSR count). The lowest BCUT2D eigenvalue weighted by Crippen LogP contribution is -2.43. The minimum absolute atomic E-state index is 0.0963. The Kier molecular flexibility index (Phi) is 4.73. The summed E-state index contributed by atoms with van der Waals surface area (Å²) >= 11 is 9.28. The Balaban J connectivity index is 2.32. The van der Waals surface area contributed by atoms with Gasteiger partial charge in [-0.15, -0.1) is 0 Å². The molecule has 5 nitrogen and oxygen atoms in total. The van der Waals surface area contributed by atoms with Gasteiger partial charge in [0.15, 0.2) is 0 Å². The summed E-state index contributed by atoms with van der Waals surface area (Å²) in [6, 6.07) is 4.69. The summed E-state index contributed by atoms with van der Waals surface area (Å²) in [6.45, 7) is 2.41. The van der Waals surface area contributed by atoms with Gasteiger partial charge in [0.25, 0.3) is 0 Å². The first-order valence-corrected chi connectivity index (χ1v) is 8.63. The monoisotopic (exact) mass is 380 g/mol. The molecule has 0 aliphatic carbocycles. The fourth-order valence-corrected chi connectivity index (χ4v) is 4.72. The number of nitrogens with zero attached hydrogens (tertiary/aromatic N) is 2. The molecule has 1 atom stereocenters. The number of piperidine rings is 1. The summed E-state index contributed by atoms with van der Waals surface area (Å²) in [5.41, 5.74) is 0.623. The average Bonchev–Trinajstić information content (AvgIpc) is 2.38. The van der Waals surface area contributed by atoms with E-state index < -0.39 is 10.0 Å². The molecule has 1 N–H and O–H groups in total. The Bertz CT molecular complexity index is 648. The van der Waals surface area contributed by atoms with Crippen LogP contribution >= 0.6 is 27.5 Å². The second-order valence-corrected chi connectivity index (χ2v) is 7.91. The van der Waals surface area contributed by atoms with E-state index in [1.807, 2.05) is 6.92 Å². The van der Waals surface area contributed by atoms with Crippen LogP contribution in [-0.2, 0) is 10.0 Å². The van der Waals surface area contributed by atoms with Gasteiger partial charge in [0.05, 0.1) is 10.7 Å². The predicted octanol–water partition coefficient (Wildman–Crippen LogP) is 2.96. The molecule has 1 aliphatic heterocycles. The number of halogens is 2. The number of sulfonamides is 1. The van der Waals surface area contributed by atoms with E-state index in [1.54, 1.807) is 12.1 Å². The van der Waals surface area contributed by atoms with E-state index in [1.165, 1.54) is 10.4 Å². The third-order valence-electron chi connectivity index (χ3n) is 3.30. The smallest absolute Gasteiger partial charge is 0.244 e. The fraction of sp³-hybridized carbons (Fsp3) is 0.417. The van der Waals surface area contributed by atoms with Crippen molar-refractivity contribution >= 4 is 43.3 Å². The van der Waals surface area contributed by atoms with Crippen LogP contribution in [0.5, 0.6) is 0 Å². The number of hydrogen-bond acceptors (Lipinski definition) is 4. The molecule has 0 spiro atoms. The lowest BCUT2D eigenvalue weighted by atomic mass is 10.00. The minimum atomic E-state index is -3.63. The van der Waals surface area contributed by atoms with Crippen molar-refractivity contribution in [2.45, 2.75) is 18.2 Å². The Morgan fingerprint density at radius 2 is 2.20 bits per heavy atom. The van der Waals surface area contributed by atoms with Gasteiger partial charge in [0.2, 0.25) is 10.0 Å². The molecule has 1 unspecified atom stereocenters. The lowest BCUT2D eigenvalue weighted by Gasteiger charge is -2.30. The van der Waals surface area contributed by atoms with Gasteiger partial charge in [0.1, 0.15) is 4.90 Å². The lowest BCUT2D eigenvalue weighted by molar-refractivity contribution is 0.300. The quantitative estimate of drug-likeness (QED) is 0.632. The van der Waals surface area contributed by atoms with Crippen LogP contribution in [0.4, 0.5) is 0 Å². The van der Waals surface area contributed by atoms with Crippen LogP contribution in [0, 0.1) is 5.92 Å². The topological polar surface area (TPSA) is 70.0 Å². The molecule has 110 valence electrons. The van der Waals surface area contributed by atoms with E-state index in [0.717, 1.165) is 4.47 Å². The third kappa shape index (κ3) is 3.00. The van der Waals surface area contributed by atoms with Gasteiger partial charge in [0, 0.05) is 29.9 Å². The Hall–Kier alpha value is -0.630. The summed E-state index contributed by atoms with van der Waals surface area (Å²) in [5.74, 6) is -0.113. The van der Waals surface area contributed by atoms with Gasteiger partial charge < -0.3 is 5.21 Å². The largest absolute Gasteiger partial charge is 0.411 e. The molecular weight excluding hydrogens is 368 g/mol. The molecule has 0 amide bonds. The van der Waals surface area contributed by atoms with Gasteiger partial charge >= 0.3 is 0 Å². The molecule has 20 heavy (non-hydrogen) atoms. The zero-order valence-electron chi connectivity index (χ0n) is 10.8. The second-order valence-electron chi connectivity index (χ2n) is 4.68. The number of hydrogen-bond donors (Lipinski definition) is 1. The SMILES string of the molecule is CC1CN(S(=O)(=O)c2ccc(Br)cc2Cl)CC/C1=N\O. The molecule has 1 heterocycles. The summed E-state index contributed by atoms with van der Waals surface area (Å²) in [5, 5.41) is 12.2. The highest BCUT2D eigenvalue weighted by molar-refractivity contribution is 9.10. The third-order valence-corrected chi connectivity index (χ3v) is 6.15. The fourth-order valence-electron chi connectivity index (χ4n) is 2.18. The molecule has 1 aromatic carbocycles. The molecule has 1 saturated heterocycles. The average molecular weight is 382 g/mol. The van der Waals surface area contributed by atoms with Gasteiger partial charge in [-0.25, -0.2) is 8.42 Å². The molecule has 8 heteroatoms. The first-order chi connectivity index (χ1) is 9.36. The van der Waals surface area contributed by atoms with Crippen LogP contribution in [0.1, 0.15) is 13.3 Å². The van der Waals surface area contributed by atoms with E-state index in [-0.39, 0.29) is 22.4 Å². The highest BCUT2D eigenvalue weighted by Crippen LogP contribution is 2.29. The summed E-state index contributed by atoms with van der Waals surface area (Å²) in [7, 11) is -3.63. The summed E-state index contributed by atoms with van der Waals surface area (Å²) in [4.78, 5) is 0.0963. The molecule has 0 bridgehead atoms. The maximum absolute atomic E-state index is 12.6. The van der Waals surface area contributed by atoms with E-state index in [4.69, 9.17) is 16.8 Å². The standard InChI is InChI=1S/C12H14BrClN2O3S/c1-8-7-16(5-4-11(8)15-17)20(18,19)12-3-2-9(13)6-10(12)14/h2-3,6,8,17H,4-5,7H2,1H3/b15-11+. The van der Waals surface area contributed by atoms with E-state index in [0.29, 0.717) is 18.7 Å². The van der Waals surface area contributed by atoms with E-state index in [9.17, 15) is 8.42 Å². The second kappa shape index (κ2) is 6.01. The maximum atomic E-state index is 12.6. The zero-order valence-corrected chi connectivity index (χ0v) is 13.9. The number of oxime groups is 1. The predicted molar refractivity (Wildman–Crippen MR) is 80.9 cm³/mol. The van der Waals surface area contributed by atoms with Crippen LogP contribution in [0.15, 0.2) is 32.7 Å². The minimum Gasteiger partial charge on any atom is -0.411 e. The number of benzene rings is 1. The van der Waals surface area contributed by atoms with Crippen LogP contribution in [0.2, 0.25) is 5.02 Å². The summed E-state index contributed by atoms with van der Waals surface area (Å²) < 4.78 is 27.3. The summed E-state index contributed by atoms with van der Waals surface area (Å²) in [6.07, 6.45) is 0.422. The maximum Gasteiger partial charge on any atom is 0.244 e. The van der Waals surface area contributed by atoms with Crippen molar-refractivity contribution in [1.29, 1.82) is 0 Å². The van der Waals surface area contributed by atoms with Crippen molar-refractivity contribution in [3.8, 4) is 0 Å². The van der Waals surface area contributed by atoms with Gasteiger partial charge in [-0.1, -0.05) is 39.6 Å². The van der Waals surface area contributed by atoms with Crippen molar-refractivity contribution in [1.82, 2.24) is 4.31 Å². The molecule has 0 aromatic heterocycles. The Morgan fingerprint density at radius 3 is 2.75 bits per heavy atom. The first kappa shape index (κ1) is 15.8. The normalized spacial score (nSPS) is 23.1. The van der Waals surface area contributed by atoms with Crippen LogP contribution < -0.4 is 0 Å².